The number of benzene rings is 2. The third-order valence-corrected chi connectivity index (χ3v) is 5.70. The molecule has 1 aliphatic rings. The Balaban J connectivity index is 1.48. The van der Waals surface area contributed by atoms with Gasteiger partial charge in [0.15, 0.2) is 0 Å². The van der Waals surface area contributed by atoms with Crippen LogP contribution in [0.25, 0.3) is 22.0 Å². The number of aromatic carboxylic acids is 1. The third kappa shape index (κ3) is 3.44. The standard InChI is InChI=1S/C23H19N5O4/c29-21(27-32)16-10-24-23(25-11-16)28-7-6-20-18(12-28)17-9-14(4-5-19(17)26-20)13-2-1-3-15(8-13)22(30)31/h1-5,8-11,26,32H,6-7,12H2,(H,27,29)(H,30,31). The molecule has 3 heterocycles. The summed E-state index contributed by atoms with van der Waals surface area (Å²) in [4.78, 5) is 36.9. The number of hydrogen-bond acceptors (Lipinski definition) is 6. The van der Waals surface area contributed by atoms with Crippen LogP contribution in [0.5, 0.6) is 0 Å². The molecule has 5 rings (SSSR count). The van der Waals surface area contributed by atoms with Crippen molar-refractivity contribution in [2.45, 2.75) is 13.0 Å². The highest BCUT2D eigenvalue weighted by Gasteiger charge is 2.23. The Morgan fingerprint density at radius 2 is 1.81 bits per heavy atom. The van der Waals surface area contributed by atoms with Gasteiger partial charge >= 0.3 is 5.97 Å². The largest absolute Gasteiger partial charge is 0.478 e. The van der Waals surface area contributed by atoms with E-state index < -0.39 is 11.9 Å². The van der Waals surface area contributed by atoms with Crippen molar-refractivity contribution in [2.75, 3.05) is 11.4 Å². The van der Waals surface area contributed by atoms with E-state index in [1.54, 1.807) is 23.7 Å². The Labute approximate surface area is 182 Å². The maximum atomic E-state index is 11.5. The van der Waals surface area contributed by atoms with E-state index in [9.17, 15) is 14.7 Å². The molecule has 32 heavy (non-hydrogen) atoms. The number of carboxylic acids is 1. The number of rotatable bonds is 4. The van der Waals surface area contributed by atoms with Crippen LogP contribution >= 0.6 is 0 Å². The monoisotopic (exact) mass is 429 g/mol. The zero-order chi connectivity index (χ0) is 22.2. The number of amides is 1. The molecule has 1 aliphatic heterocycles. The highest BCUT2D eigenvalue weighted by Crippen LogP contribution is 2.32. The van der Waals surface area contributed by atoms with Crippen LogP contribution in [0.3, 0.4) is 0 Å². The lowest BCUT2D eigenvalue weighted by Gasteiger charge is -2.27. The van der Waals surface area contributed by atoms with E-state index >= 15 is 0 Å². The summed E-state index contributed by atoms with van der Waals surface area (Å²) >= 11 is 0. The predicted octanol–water partition coefficient (Wildman–Crippen LogP) is 3.00. The van der Waals surface area contributed by atoms with Gasteiger partial charge in [0.05, 0.1) is 11.1 Å². The van der Waals surface area contributed by atoms with Gasteiger partial charge in [-0.2, -0.15) is 0 Å². The topological polar surface area (TPSA) is 131 Å². The summed E-state index contributed by atoms with van der Waals surface area (Å²) in [7, 11) is 0. The van der Waals surface area contributed by atoms with Crippen LogP contribution < -0.4 is 10.4 Å². The minimum absolute atomic E-state index is 0.175. The van der Waals surface area contributed by atoms with Crippen LogP contribution in [0.1, 0.15) is 32.0 Å². The molecule has 0 aliphatic carbocycles. The average Bonchev–Trinajstić information content (AvgIpc) is 3.21. The number of carbonyl (C=O) groups excluding carboxylic acids is 1. The fourth-order valence-corrected chi connectivity index (χ4v) is 4.06. The summed E-state index contributed by atoms with van der Waals surface area (Å²) in [5.41, 5.74) is 7.10. The molecule has 9 heteroatoms. The SMILES string of the molecule is O=C(O)c1cccc(-c2ccc3[nH]c4c(c3c2)CN(c2ncc(C(=O)NO)cn2)CC4)c1. The number of carbonyl (C=O) groups is 2. The first-order valence-electron chi connectivity index (χ1n) is 10.0. The van der Waals surface area contributed by atoms with Gasteiger partial charge in [-0.1, -0.05) is 18.2 Å². The molecule has 0 fully saturated rings. The second-order valence-electron chi connectivity index (χ2n) is 7.61. The van der Waals surface area contributed by atoms with Gasteiger partial charge in [0.2, 0.25) is 5.95 Å². The van der Waals surface area contributed by atoms with Gasteiger partial charge in [-0.25, -0.2) is 20.2 Å². The van der Waals surface area contributed by atoms with Crippen molar-refractivity contribution in [2.24, 2.45) is 0 Å². The Morgan fingerprint density at radius 1 is 1.03 bits per heavy atom. The first-order valence-corrected chi connectivity index (χ1v) is 10.0. The van der Waals surface area contributed by atoms with Crippen LogP contribution in [0.15, 0.2) is 54.9 Å². The van der Waals surface area contributed by atoms with E-state index in [4.69, 9.17) is 5.21 Å². The Bertz CT molecular complexity index is 1350. The normalized spacial score (nSPS) is 13.1. The van der Waals surface area contributed by atoms with Crippen LogP contribution in [0, 0.1) is 0 Å². The zero-order valence-electron chi connectivity index (χ0n) is 16.9. The number of hydrogen-bond donors (Lipinski definition) is 4. The first kappa shape index (κ1) is 19.7. The molecule has 160 valence electrons. The average molecular weight is 429 g/mol. The molecule has 9 nitrogen and oxygen atoms in total. The van der Waals surface area contributed by atoms with E-state index in [-0.39, 0.29) is 11.1 Å². The van der Waals surface area contributed by atoms with E-state index in [0.717, 1.165) is 46.3 Å². The first-order chi connectivity index (χ1) is 15.5. The van der Waals surface area contributed by atoms with Crippen LogP contribution in [-0.2, 0) is 13.0 Å². The summed E-state index contributed by atoms with van der Waals surface area (Å²) in [6.07, 6.45) is 3.55. The molecule has 0 radical (unpaired) electrons. The third-order valence-electron chi connectivity index (χ3n) is 5.70. The molecule has 4 N–H and O–H groups in total. The molecular weight excluding hydrogens is 410 g/mol. The number of H-pyrrole nitrogens is 1. The van der Waals surface area contributed by atoms with E-state index in [1.807, 2.05) is 23.1 Å². The molecule has 0 saturated carbocycles. The van der Waals surface area contributed by atoms with Gasteiger partial charge in [-0.05, 0) is 35.4 Å². The fraction of sp³-hybridized carbons (Fsp3) is 0.130. The van der Waals surface area contributed by atoms with Gasteiger partial charge in [0.25, 0.3) is 5.91 Å². The number of aromatic amines is 1. The molecular formula is C23H19N5O4. The summed E-state index contributed by atoms with van der Waals surface area (Å²) in [6, 6.07) is 13.0. The van der Waals surface area contributed by atoms with Gasteiger partial charge < -0.3 is 15.0 Å². The van der Waals surface area contributed by atoms with Crippen LogP contribution in [0.4, 0.5) is 5.95 Å². The maximum Gasteiger partial charge on any atom is 0.335 e. The lowest BCUT2D eigenvalue weighted by molar-refractivity contribution is 0.0693. The predicted molar refractivity (Wildman–Crippen MR) is 117 cm³/mol. The molecule has 4 aromatic rings. The zero-order valence-corrected chi connectivity index (χ0v) is 16.9. The molecule has 2 aromatic heterocycles. The van der Waals surface area contributed by atoms with Crippen LogP contribution in [-0.4, -0.2) is 43.7 Å². The summed E-state index contributed by atoms with van der Waals surface area (Å²) in [6.45, 7) is 1.32. The van der Waals surface area contributed by atoms with Gasteiger partial charge in [-0.3, -0.25) is 10.0 Å². The molecule has 0 saturated heterocycles. The van der Waals surface area contributed by atoms with Crippen molar-refractivity contribution in [3.8, 4) is 11.1 Å². The van der Waals surface area contributed by atoms with Gasteiger partial charge in [0.1, 0.15) is 0 Å². The maximum absolute atomic E-state index is 11.5. The number of aromatic nitrogens is 3. The highest BCUT2D eigenvalue weighted by molar-refractivity contribution is 5.93. The van der Waals surface area contributed by atoms with E-state index in [1.165, 1.54) is 12.4 Å². The second-order valence-corrected chi connectivity index (χ2v) is 7.61. The minimum atomic E-state index is -0.954. The molecule has 0 bridgehead atoms. The minimum Gasteiger partial charge on any atom is -0.478 e. The summed E-state index contributed by atoms with van der Waals surface area (Å²) < 4.78 is 0. The summed E-state index contributed by atoms with van der Waals surface area (Å²) in [5.74, 6) is -1.11. The van der Waals surface area contributed by atoms with Gasteiger partial charge in [-0.15, -0.1) is 0 Å². The number of nitrogens with one attached hydrogen (secondary N) is 2. The molecule has 2 aromatic carbocycles. The number of carboxylic acid groups (broad SMARTS) is 1. The lowest BCUT2D eigenvalue weighted by atomic mass is 9.99. The van der Waals surface area contributed by atoms with Crippen molar-refractivity contribution in [3.63, 3.8) is 0 Å². The number of fused-ring (bicyclic) bond motifs is 3. The molecule has 0 atom stereocenters. The molecule has 0 unspecified atom stereocenters. The Hall–Kier alpha value is -4.24. The van der Waals surface area contributed by atoms with Crippen molar-refractivity contribution in [1.29, 1.82) is 0 Å². The number of nitrogens with zero attached hydrogens (tertiary/aromatic N) is 3. The fourth-order valence-electron chi connectivity index (χ4n) is 4.06. The highest BCUT2D eigenvalue weighted by atomic mass is 16.5. The Morgan fingerprint density at radius 3 is 2.56 bits per heavy atom. The van der Waals surface area contributed by atoms with Gasteiger partial charge in [0, 0.05) is 54.1 Å². The molecule has 1 amide bonds. The van der Waals surface area contributed by atoms with Crippen molar-refractivity contribution >= 4 is 28.7 Å². The summed E-state index contributed by atoms with van der Waals surface area (Å²) in [5, 5.41) is 19.1. The number of anilines is 1. The van der Waals surface area contributed by atoms with E-state index in [2.05, 4.69) is 21.0 Å². The molecule has 0 spiro atoms. The second kappa shape index (κ2) is 7.78. The quantitative estimate of drug-likeness (QED) is 0.290. The lowest BCUT2D eigenvalue weighted by Crippen LogP contribution is -2.31. The van der Waals surface area contributed by atoms with Crippen molar-refractivity contribution < 1.29 is 19.9 Å². The number of hydroxylamine groups is 1. The van der Waals surface area contributed by atoms with E-state index in [0.29, 0.717) is 12.5 Å². The smallest absolute Gasteiger partial charge is 0.335 e. The van der Waals surface area contributed by atoms with Crippen molar-refractivity contribution in [1.82, 2.24) is 20.4 Å². The van der Waals surface area contributed by atoms with Crippen LogP contribution in [0.2, 0.25) is 0 Å². The Kier molecular flexibility index (Phi) is 4.79. The van der Waals surface area contributed by atoms with Crippen molar-refractivity contribution in [3.05, 3.63) is 77.2 Å².